The molecular formula is C13H13BrFMgO+2. The van der Waals surface area contributed by atoms with Crippen LogP contribution >= 0.6 is 17.0 Å². The lowest BCUT2D eigenvalue weighted by Gasteiger charge is -1.89. The molecule has 0 aromatic heterocycles. The van der Waals surface area contributed by atoms with Crippen LogP contribution < -0.4 is 3.69 Å². The van der Waals surface area contributed by atoms with Crippen molar-refractivity contribution in [2.45, 2.75) is 6.61 Å². The minimum Gasteiger partial charge on any atom is -0.392 e. The van der Waals surface area contributed by atoms with Crippen LogP contribution in [0.4, 0.5) is 4.39 Å². The molecule has 85 valence electrons. The summed E-state index contributed by atoms with van der Waals surface area (Å²) in [7, 11) is 0. The maximum atomic E-state index is 12.2. The summed E-state index contributed by atoms with van der Waals surface area (Å²) >= 11 is 1.68. The van der Waals surface area contributed by atoms with Crippen LogP contribution in [0.2, 0.25) is 0 Å². The summed E-state index contributed by atoms with van der Waals surface area (Å²) in [5.74, 6) is -0.155. The van der Waals surface area contributed by atoms with Crippen molar-refractivity contribution >= 4 is 42.4 Å². The van der Waals surface area contributed by atoms with Gasteiger partial charge in [0.25, 0.3) is 0 Å². The number of aliphatic hydroxyl groups is 1. The molecule has 0 aliphatic heterocycles. The fourth-order valence-corrected chi connectivity index (χ4v) is 1.45. The lowest BCUT2D eigenvalue weighted by molar-refractivity contribution is 0.282. The molecule has 0 bridgehead atoms. The van der Waals surface area contributed by atoms with E-state index >= 15 is 0 Å². The first-order chi connectivity index (χ1) is 7.72. The Balaban J connectivity index is 0.000000284. The third-order valence-electron chi connectivity index (χ3n) is 1.91. The average molecular weight is 308 g/mol. The Morgan fingerprint density at radius 3 is 2.00 bits per heavy atom. The summed E-state index contributed by atoms with van der Waals surface area (Å²) in [6.07, 6.45) is 0. The Kier molecular flexibility index (Phi) is 9.35. The molecule has 0 unspecified atom stereocenters. The number of rotatable bonds is 1. The zero-order valence-corrected chi connectivity index (χ0v) is 12.5. The SMILES string of the molecule is Br.Fc1ccc[c]([Mg+2])c1.OCc1ccccc1. The van der Waals surface area contributed by atoms with Gasteiger partial charge in [-0.1, -0.05) is 36.4 Å². The highest BCUT2D eigenvalue weighted by Gasteiger charge is 2.30. The molecule has 0 aliphatic rings. The van der Waals surface area contributed by atoms with Gasteiger partial charge < -0.3 is 5.11 Å². The molecule has 2 rings (SSSR count). The number of hydrogen-bond acceptors (Lipinski definition) is 1. The van der Waals surface area contributed by atoms with Gasteiger partial charge in [0, 0.05) is 6.07 Å². The lowest BCUT2D eigenvalue weighted by Crippen LogP contribution is -2.00. The van der Waals surface area contributed by atoms with E-state index in [1.54, 1.807) is 27.8 Å². The minimum atomic E-state index is -0.155. The van der Waals surface area contributed by atoms with E-state index in [0.29, 0.717) is 0 Å². The summed E-state index contributed by atoms with van der Waals surface area (Å²) < 4.78 is 13.2. The Morgan fingerprint density at radius 2 is 1.65 bits per heavy atom. The second-order valence-electron chi connectivity index (χ2n) is 3.27. The predicted octanol–water partition coefficient (Wildman–Crippen LogP) is 2.38. The average Bonchev–Trinajstić information content (AvgIpc) is 2.31. The quantitative estimate of drug-likeness (QED) is 0.802. The van der Waals surface area contributed by atoms with E-state index < -0.39 is 0 Å². The normalized spacial score (nSPS) is 8.65. The van der Waals surface area contributed by atoms with Gasteiger partial charge in [-0.15, -0.1) is 17.0 Å². The molecule has 0 spiro atoms. The van der Waals surface area contributed by atoms with E-state index in [4.69, 9.17) is 5.11 Å². The number of aliphatic hydroxyl groups excluding tert-OH is 1. The van der Waals surface area contributed by atoms with Crippen molar-refractivity contribution in [3.63, 3.8) is 0 Å². The maximum absolute atomic E-state index is 12.2. The fraction of sp³-hybridized carbons (Fsp3) is 0.0769. The molecule has 1 N–H and O–H groups in total. The number of hydrogen-bond donors (Lipinski definition) is 1. The molecule has 2 aromatic rings. The second kappa shape index (κ2) is 9.59. The highest BCUT2D eigenvalue weighted by molar-refractivity contribution is 8.93. The van der Waals surface area contributed by atoms with E-state index in [0.717, 1.165) is 9.26 Å². The predicted molar refractivity (Wildman–Crippen MR) is 74.5 cm³/mol. The Morgan fingerprint density at radius 1 is 1.00 bits per heavy atom. The summed E-state index contributed by atoms with van der Waals surface area (Å²) in [4.78, 5) is 0. The molecule has 4 heteroatoms. The van der Waals surface area contributed by atoms with Crippen LogP contribution in [0.3, 0.4) is 0 Å². The molecular weight excluding hydrogens is 295 g/mol. The first-order valence-electron chi connectivity index (χ1n) is 4.94. The summed E-state index contributed by atoms with van der Waals surface area (Å²) in [6, 6.07) is 16.1. The van der Waals surface area contributed by atoms with Crippen LogP contribution in [0.25, 0.3) is 0 Å². The molecule has 0 aliphatic carbocycles. The third kappa shape index (κ3) is 7.49. The van der Waals surface area contributed by atoms with Gasteiger partial charge in [-0.3, -0.25) is 0 Å². The summed E-state index contributed by atoms with van der Waals surface area (Å²) in [5.41, 5.74) is 0.965. The van der Waals surface area contributed by atoms with Gasteiger partial charge in [-0.2, -0.15) is 0 Å². The molecule has 0 heterocycles. The fourth-order valence-electron chi connectivity index (χ4n) is 1.12. The van der Waals surface area contributed by atoms with Gasteiger partial charge in [0.05, 0.1) is 12.7 Å². The lowest BCUT2D eigenvalue weighted by atomic mass is 10.2. The standard InChI is InChI=1S/C7H8O.C6H4F.BrH.Mg/c8-6-7-4-2-1-3-5-7;7-6-4-2-1-3-5-6;;/h1-5,8H,6H2;1-2,4-5H;1H;/q;;;+2. The van der Waals surface area contributed by atoms with Gasteiger partial charge in [-0.05, 0) is 11.6 Å². The van der Waals surface area contributed by atoms with Crippen molar-refractivity contribution in [3.8, 4) is 0 Å². The smallest absolute Gasteiger partial charge is 0.392 e. The van der Waals surface area contributed by atoms with Crippen LogP contribution in [0.15, 0.2) is 54.6 Å². The largest absolute Gasteiger partial charge is 1.47 e. The van der Waals surface area contributed by atoms with Crippen molar-refractivity contribution in [1.29, 1.82) is 0 Å². The Hall–Kier alpha value is -0.424. The van der Waals surface area contributed by atoms with Crippen LogP contribution in [0.1, 0.15) is 5.56 Å². The minimum absolute atomic E-state index is 0. The molecule has 0 saturated heterocycles. The molecule has 17 heavy (non-hydrogen) atoms. The second-order valence-corrected chi connectivity index (χ2v) is 4.09. The third-order valence-corrected chi connectivity index (χ3v) is 2.35. The molecule has 7 radical (unpaired) electrons. The van der Waals surface area contributed by atoms with Crippen LogP contribution in [-0.4, -0.2) is 26.8 Å². The Bertz CT molecular complexity index is 406. The number of halogens is 2. The van der Waals surface area contributed by atoms with Crippen molar-refractivity contribution in [2.24, 2.45) is 0 Å². The first-order valence-corrected chi connectivity index (χ1v) is 5.65. The van der Waals surface area contributed by atoms with Gasteiger partial charge in [0.1, 0.15) is 5.82 Å². The van der Waals surface area contributed by atoms with E-state index in [9.17, 15) is 4.39 Å². The monoisotopic (exact) mass is 307 g/mol. The zero-order valence-electron chi connectivity index (χ0n) is 9.34. The molecule has 2 aromatic carbocycles. The van der Waals surface area contributed by atoms with E-state index in [1.807, 2.05) is 36.4 Å². The molecule has 0 fully saturated rings. The topological polar surface area (TPSA) is 20.2 Å². The van der Waals surface area contributed by atoms with Gasteiger partial charge in [0.15, 0.2) is 0 Å². The van der Waals surface area contributed by atoms with Gasteiger partial charge >= 0.3 is 25.4 Å². The molecule has 0 saturated carbocycles. The van der Waals surface area contributed by atoms with Crippen LogP contribution in [-0.2, 0) is 6.61 Å². The molecule has 0 amide bonds. The van der Waals surface area contributed by atoms with E-state index in [2.05, 4.69) is 0 Å². The van der Waals surface area contributed by atoms with Crippen molar-refractivity contribution < 1.29 is 9.50 Å². The zero-order chi connectivity index (χ0) is 11.8. The van der Waals surface area contributed by atoms with Crippen LogP contribution in [0, 0.1) is 5.82 Å². The highest BCUT2D eigenvalue weighted by Crippen LogP contribution is 1.95. The van der Waals surface area contributed by atoms with Gasteiger partial charge in [-0.25, -0.2) is 4.39 Å². The Labute approximate surface area is 124 Å². The summed E-state index contributed by atoms with van der Waals surface area (Å²) in [6.45, 7) is 0.140. The van der Waals surface area contributed by atoms with E-state index in [1.165, 1.54) is 12.1 Å². The summed E-state index contributed by atoms with van der Waals surface area (Å²) in [5, 5.41) is 8.54. The van der Waals surface area contributed by atoms with Crippen molar-refractivity contribution in [1.82, 2.24) is 0 Å². The van der Waals surface area contributed by atoms with E-state index in [-0.39, 0.29) is 29.4 Å². The highest BCUT2D eigenvalue weighted by atomic mass is 79.9. The van der Waals surface area contributed by atoms with Gasteiger partial charge in [0.2, 0.25) is 0 Å². The first kappa shape index (κ1) is 16.6. The maximum Gasteiger partial charge on any atom is 1.47 e. The van der Waals surface area contributed by atoms with Crippen molar-refractivity contribution in [2.75, 3.05) is 0 Å². The van der Waals surface area contributed by atoms with Crippen LogP contribution in [0.5, 0.6) is 0 Å². The van der Waals surface area contributed by atoms with Crippen molar-refractivity contribution in [3.05, 3.63) is 66.0 Å². The molecule has 1 nitrogen and oxygen atoms in total. The molecule has 0 atom stereocenters. The number of benzene rings is 2.